The molecule has 0 aromatic heterocycles. The second kappa shape index (κ2) is 5.46. The maximum Gasteiger partial charge on any atom is 0.0473 e. The first-order valence-electron chi connectivity index (χ1n) is 6.38. The van der Waals surface area contributed by atoms with E-state index in [0.717, 1.165) is 32.6 Å². The second-order valence-corrected chi connectivity index (χ2v) is 4.44. The summed E-state index contributed by atoms with van der Waals surface area (Å²) >= 11 is 0. The number of nitrogens with one attached hydrogen (secondary N) is 1. The summed E-state index contributed by atoms with van der Waals surface area (Å²) in [6.45, 7) is 8.96. The third kappa shape index (κ3) is 2.45. The Labute approximate surface area is 98.7 Å². The second-order valence-electron chi connectivity index (χ2n) is 4.44. The van der Waals surface area contributed by atoms with Crippen LogP contribution in [0.3, 0.4) is 0 Å². The van der Waals surface area contributed by atoms with Gasteiger partial charge in [0.05, 0.1) is 0 Å². The summed E-state index contributed by atoms with van der Waals surface area (Å²) in [4.78, 5) is 2.55. The number of benzene rings is 1. The van der Waals surface area contributed by atoms with Crippen molar-refractivity contribution in [1.29, 1.82) is 0 Å². The molecular weight excluding hydrogens is 196 g/mol. The summed E-state index contributed by atoms with van der Waals surface area (Å²) in [5.41, 5.74) is 2.88. The molecule has 1 N–H and O–H groups in total. The van der Waals surface area contributed by atoms with Crippen LogP contribution in [0.5, 0.6) is 0 Å². The average Bonchev–Trinajstić information content (AvgIpc) is 2.39. The largest absolute Gasteiger partial charge is 0.314 e. The van der Waals surface area contributed by atoms with Crippen LogP contribution in [0.15, 0.2) is 24.3 Å². The highest BCUT2D eigenvalue weighted by atomic mass is 15.2. The van der Waals surface area contributed by atoms with Crippen molar-refractivity contribution in [3.8, 4) is 0 Å². The van der Waals surface area contributed by atoms with Crippen molar-refractivity contribution in [3.63, 3.8) is 0 Å². The molecule has 1 atom stereocenters. The van der Waals surface area contributed by atoms with Gasteiger partial charge in [-0.3, -0.25) is 4.90 Å². The molecule has 1 aliphatic heterocycles. The van der Waals surface area contributed by atoms with Crippen molar-refractivity contribution in [2.75, 3.05) is 26.2 Å². The molecule has 1 unspecified atom stereocenters. The Hall–Kier alpha value is -0.860. The molecular formula is C14H22N2. The molecule has 16 heavy (non-hydrogen) atoms. The molecule has 0 aliphatic carbocycles. The fourth-order valence-electron chi connectivity index (χ4n) is 2.43. The number of hydrogen-bond acceptors (Lipinski definition) is 2. The van der Waals surface area contributed by atoms with Gasteiger partial charge in [-0.15, -0.1) is 0 Å². The number of hydrogen-bond donors (Lipinski definition) is 1. The molecule has 0 amide bonds. The van der Waals surface area contributed by atoms with Crippen LogP contribution in [0.25, 0.3) is 0 Å². The van der Waals surface area contributed by atoms with Gasteiger partial charge in [0, 0.05) is 25.7 Å². The van der Waals surface area contributed by atoms with Gasteiger partial charge in [-0.25, -0.2) is 0 Å². The lowest BCUT2D eigenvalue weighted by molar-refractivity contribution is 0.171. The van der Waals surface area contributed by atoms with E-state index >= 15 is 0 Å². The maximum atomic E-state index is 3.48. The van der Waals surface area contributed by atoms with Crippen LogP contribution in [0.2, 0.25) is 0 Å². The number of rotatable bonds is 3. The zero-order valence-electron chi connectivity index (χ0n) is 10.4. The smallest absolute Gasteiger partial charge is 0.0473 e. The molecule has 0 radical (unpaired) electrons. The minimum Gasteiger partial charge on any atom is -0.314 e. The van der Waals surface area contributed by atoms with Crippen LogP contribution >= 0.6 is 0 Å². The van der Waals surface area contributed by atoms with E-state index in [9.17, 15) is 0 Å². The summed E-state index contributed by atoms with van der Waals surface area (Å²) < 4.78 is 0. The summed E-state index contributed by atoms with van der Waals surface area (Å²) in [7, 11) is 0. The van der Waals surface area contributed by atoms with Crippen LogP contribution in [0.4, 0.5) is 0 Å². The van der Waals surface area contributed by atoms with Crippen LogP contribution in [0.1, 0.15) is 31.0 Å². The van der Waals surface area contributed by atoms with Gasteiger partial charge in [-0.1, -0.05) is 38.1 Å². The fraction of sp³-hybridized carbons (Fsp3) is 0.571. The topological polar surface area (TPSA) is 15.3 Å². The first-order valence-corrected chi connectivity index (χ1v) is 6.38. The van der Waals surface area contributed by atoms with E-state index in [0.29, 0.717) is 6.04 Å². The van der Waals surface area contributed by atoms with E-state index in [2.05, 4.69) is 48.3 Å². The van der Waals surface area contributed by atoms with E-state index in [4.69, 9.17) is 0 Å². The lowest BCUT2D eigenvalue weighted by atomic mass is 10.0. The number of aryl methyl sites for hydroxylation is 1. The molecule has 0 saturated carbocycles. The Bertz CT molecular complexity index is 318. The summed E-state index contributed by atoms with van der Waals surface area (Å²) in [5.74, 6) is 0. The molecule has 2 rings (SSSR count). The van der Waals surface area contributed by atoms with Gasteiger partial charge in [0.1, 0.15) is 0 Å². The highest BCUT2D eigenvalue weighted by molar-refractivity contribution is 5.25. The molecule has 1 saturated heterocycles. The van der Waals surface area contributed by atoms with Crippen LogP contribution in [0, 0.1) is 0 Å². The van der Waals surface area contributed by atoms with Crippen molar-refractivity contribution >= 4 is 0 Å². The van der Waals surface area contributed by atoms with Gasteiger partial charge in [0.2, 0.25) is 0 Å². The highest BCUT2D eigenvalue weighted by Gasteiger charge is 2.21. The van der Waals surface area contributed by atoms with E-state index in [1.54, 1.807) is 0 Å². The lowest BCUT2D eigenvalue weighted by Gasteiger charge is -2.35. The Morgan fingerprint density at radius 2 is 2.00 bits per heavy atom. The molecule has 1 aromatic rings. The monoisotopic (exact) mass is 218 g/mol. The van der Waals surface area contributed by atoms with Gasteiger partial charge >= 0.3 is 0 Å². The molecule has 1 aromatic carbocycles. The zero-order chi connectivity index (χ0) is 11.4. The fourth-order valence-corrected chi connectivity index (χ4v) is 2.43. The summed E-state index contributed by atoms with van der Waals surface area (Å²) in [6.07, 6.45) is 1.13. The predicted molar refractivity (Wildman–Crippen MR) is 68.7 cm³/mol. The molecule has 2 nitrogen and oxygen atoms in total. The van der Waals surface area contributed by atoms with E-state index < -0.39 is 0 Å². The Kier molecular flexibility index (Phi) is 3.97. The normalized spacial score (nSPS) is 22.2. The molecule has 1 aliphatic rings. The highest BCUT2D eigenvalue weighted by Crippen LogP contribution is 2.22. The Balaban J connectivity index is 2.14. The van der Waals surface area contributed by atoms with E-state index in [1.807, 2.05) is 0 Å². The number of likely N-dealkylation sites (N-methyl/N-ethyl adjacent to an activating group) is 1. The van der Waals surface area contributed by atoms with Crippen molar-refractivity contribution in [3.05, 3.63) is 35.4 Å². The Morgan fingerprint density at radius 3 is 2.62 bits per heavy atom. The van der Waals surface area contributed by atoms with Crippen molar-refractivity contribution < 1.29 is 0 Å². The molecule has 0 bridgehead atoms. The number of nitrogens with zero attached hydrogens (tertiary/aromatic N) is 1. The minimum atomic E-state index is 0.560. The summed E-state index contributed by atoms with van der Waals surface area (Å²) in [5, 5.41) is 3.48. The molecule has 1 heterocycles. The minimum absolute atomic E-state index is 0.560. The molecule has 2 heteroatoms. The van der Waals surface area contributed by atoms with Crippen molar-refractivity contribution in [2.24, 2.45) is 0 Å². The van der Waals surface area contributed by atoms with Gasteiger partial charge in [0.25, 0.3) is 0 Å². The van der Waals surface area contributed by atoms with Crippen LogP contribution in [-0.2, 0) is 6.42 Å². The van der Waals surface area contributed by atoms with Crippen molar-refractivity contribution in [2.45, 2.75) is 26.3 Å². The first kappa shape index (κ1) is 11.6. The van der Waals surface area contributed by atoms with Gasteiger partial charge < -0.3 is 5.32 Å². The van der Waals surface area contributed by atoms with Crippen LogP contribution in [-0.4, -0.2) is 31.1 Å². The van der Waals surface area contributed by atoms with Gasteiger partial charge in [-0.05, 0) is 24.1 Å². The third-order valence-electron chi connectivity index (χ3n) is 3.53. The molecule has 1 fully saturated rings. The van der Waals surface area contributed by atoms with Gasteiger partial charge in [-0.2, -0.15) is 0 Å². The average molecular weight is 218 g/mol. The lowest BCUT2D eigenvalue weighted by Crippen LogP contribution is -2.45. The Morgan fingerprint density at radius 1 is 1.25 bits per heavy atom. The third-order valence-corrected chi connectivity index (χ3v) is 3.53. The molecule has 0 spiro atoms. The van der Waals surface area contributed by atoms with E-state index in [-0.39, 0.29) is 0 Å². The zero-order valence-corrected chi connectivity index (χ0v) is 10.4. The standard InChI is InChI=1S/C14H22N2/c1-3-12-5-7-13(8-6-12)14-11-15-9-10-16(14)4-2/h5-8,14-15H,3-4,9-11H2,1-2H3. The van der Waals surface area contributed by atoms with E-state index in [1.165, 1.54) is 11.1 Å². The quantitative estimate of drug-likeness (QED) is 0.837. The first-order chi connectivity index (χ1) is 7.85. The van der Waals surface area contributed by atoms with Crippen molar-refractivity contribution in [1.82, 2.24) is 10.2 Å². The SMILES string of the molecule is CCc1ccc(C2CNCCN2CC)cc1. The molecule has 88 valence electrons. The summed E-state index contributed by atoms with van der Waals surface area (Å²) in [6, 6.07) is 9.66. The maximum absolute atomic E-state index is 3.48. The predicted octanol–water partition coefficient (Wildman–Crippen LogP) is 2.22. The van der Waals surface area contributed by atoms with Crippen LogP contribution < -0.4 is 5.32 Å². The van der Waals surface area contributed by atoms with Gasteiger partial charge in [0.15, 0.2) is 0 Å². The number of piperazine rings is 1.